The maximum Gasteiger partial charge on any atom is 0.251 e. The molecular formula is C30H39BrClN3O4S. The van der Waals surface area contributed by atoms with Gasteiger partial charge in [0.1, 0.15) is 6.04 Å². The van der Waals surface area contributed by atoms with Crippen LogP contribution in [0.15, 0.2) is 49.6 Å². The van der Waals surface area contributed by atoms with Gasteiger partial charge in [0.25, 0.3) is 5.91 Å². The number of para-hydroxylation sites is 1. The second kappa shape index (κ2) is 12.6. The first kappa shape index (κ1) is 31.1. The summed E-state index contributed by atoms with van der Waals surface area (Å²) in [6.07, 6.45) is 4.69. The molecule has 10 heteroatoms. The number of benzene rings is 1. The predicted molar refractivity (Wildman–Crippen MR) is 166 cm³/mol. The van der Waals surface area contributed by atoms with Crippen LogP contribution in [0.25, 0.3) is 0 Å². The van der Waals surface area contributed by atoms with Gasteiger partial charge in [-0.15, -0.1) is 24.9 Å². The molecule has 3 heterocycles. The lowest BCUT2D eigenvalue weighted by molar-refractivity contribution is -0.146. The lowest BCUT2D eigenvalue weighted by Crippen LogP contribution is -2.59. The van der Waals surface area contributed by atoms with Gasteiger partial charge < -0.3 is 19.8 Å². The Bertz CT molecular complexity index is 1170. The van der Waals surface area contributed by atoms with Gasteiger partial charge in [-0.3, -0.25) is 14.4 Å². The molecule has 3 aliphatic rings. The van der Waals surface area contributed by atoms with E-state index in [0.717, 1.165) is 6.42 Å². The molecule has 1 spiro atoms. The van der Waals surface area contributed by atoms with E-state index in [9.17, 15) is 19.5 Å². The van der Waals surface area contributed by atoms with Gasteiger partial charge in [-0.25, -0.2) is 0 Å². The van der Waals surface area contributed by atoms with E-state index in [0.29, 0.717) is 30.2 Å². The summed E-state index contributed by atoms with van der Waals surface area (Å²) in [5.41, 5.74) is 0.534. The number of rotatable bonds is 12. The quantitative estimate of drug-likeness (QED) is 0.260. The number of thioether (sulfide) groups is 1. The Morgan fingerprint density at radius 1 is 1.25 bits per heavy atom. The van der Waals surface area contributed by atoms with Gasteiger partial charge in [-0.2, -0.15) is 0 Å². The topological polar surface area (TPSA) is 81.2 Å². The normalized spacial score (nSPS) is 29.4. The van der Waals surface area contributed by atoms with Crippen LogP contribution in [-0.4, -0.2) is 85.8 Å². The van der Waals surface area contributed by atoms with Gasteiger partial charge in [0.05, 0.1) is 39.9 Å². The van der Waals surface area contributed by atoms with E-state index in [1.54, 1.807) is 56.8 Å². The highest BCUT2D eigenvalue weighted by molar-refractivity contribution is 9.09. The summed E-state index contributed by atoms with van der Waals surface area (Å²) in [6.45, 7) is 14.5. The smallest absolute Gasteiger partial charge is 0.251 e. The molecule has 2 bridgehead atoms. The fourth-order valence-corrected chi connectivity index (χ4v) is 10.6. The van der Waals surface area contributed by atoms with Gasteiger partial charge >= 0.3 is 0 Å². The number of alkyl halides is 1. The lowest BCUT2D eigenvalue weighted by Gasteiger charge is -2.41. The molecule has 3 unspecified atom stereocenters. The Morgan fingerprint density at radius 2 is 1.93 bits per heavy atom. The Hall–Kier alpha value is -1.81. The summed E-state index contributed by atoms with van der Waals surface area (Å²) in [5.74, 6) is -1.95. The zero-order chi connectivity index (χ0) is 29.4. The highest BCUT2D eigenvalue weighted by atomic mass is 79.9. The van der Waals surface area contributed by atoms with Crippen molar-refractivity contribution in [3.05, 3.63) is 54.6 Å². The monoisotopic (exact) mass is 651 g/mol. The van der Waals surface area contributed by atoms with Crippen LogP contribution < -0.4 is 4.90 Å². The van der Waals surface area contributed by atoms with Crippen molar-refractivity contribution in [2.45, 2.75) is 60.5 Å². The molecule has 0 radical (unpaired) electrons. The van der Waals surface area contributed by atoms with Crippen molar-refractivity contribution in [1.82, 2.24) is 9.80 Å². The Labute approximate surface area is 255 Å². The van der Waals surface area contributed by atoms with Crippen molar-refractivity contribution in [1.29, 1.82) is 0 Å². The van der Waals surface area contributed by atoms with E-state index in [4.69, 9.17) is 11.6 Å². The third kappa shape index (κ3) is 5.05. The maximum atomic E-state index is 14.7. The minimum atomic E-state index is -0.882. The minimum absolute atomic E-state index is 0.0437. The molecule has 7 nitrogen and oxygen atoms in total. The first-order valence-corrected chi connectivity index (χ1v) is 16.1. The molecule has 0 aromatic heterocycles. The number of hydrogen-bond acceptors (Lipinski definition) is 5. The van der Waals surface area contributed by atoms with Crippen LogP contribution in [-0.2, 0) is 14.4 Å². The molecule has 40 heavy (non-hydrogen) atoms. The summed E-state index contributed by atoms with van der Waals surface area (Å²) < 4.78 is -0.831. The van der Waals surface area contributed by atoms with Crippen LogP contribution in [0.3, 0.4) is 0 Å². The van der Waals surface area contributed by atoms with E-state index in [2.05, 4.69) is 29.1 Å². The fraction of sp³-hybridized carbons (Fsp3) is 0.567. The molecule has 3 aliphatic heterocycles. The van der Waals surface area contributed by atoms with Crippen molar-refractivity contribution in [3.8, 4) is 0 Å². The number of hydrogen-bond donors (Lipinski definition) is 1. The highest BCUT2D eigenvalue weighted by Crippen LogP contribution is 2.68. The minimum Gasteiger partial charge on any atom is -0.394 e. The maximum absolute atomic E-state index is 14.7. The van der Waals surface area contributed by atoms with Crippen molar-refractivity contribution in [3.63, 3.8) is 0 Å². The third-order valence-corrected chi connectivity index (χ3v) is 12.0. The van der Waals surface area contributed by atoms with Gasteiger partial charge in [0.15, 0.2) is 0 Å². The zero-order valence-corrected chi connectivity index (χ0v) is 26.5. The van der Waals surface area contributed by atoms with Crippen molar-refractivity contribution in [2.24, 2.45) is 17.8 Å². The van der Waals surface area contributed by atoms with Crippen molar-refractivity contribution < 1.29 is 19.5 Å². The molecule has 0 aliphatic carbocycles. The summed E-state index contributed by atoms with van der Waals surface area (Å²) in [4.78, 5) is 48.3. The van der Waals surface area contributed by atoms with E-state index in [1.807, 2.05) is 26.8 Å². The Balaban J connectivity index is 1.87. The van der Waals surface area contributed by atoms with Gasteiger partial charge in [-0.05, 0) is 30.9 Å². The summed E-state index contributed by atoms with van der Waals surface area (Å²) in [7, 11) is 0. The Morgan fingerprint density at radius 3 is 2.50 bits per heavy atom. The number of amides is 3. The van der Waals surface area contributed by atoms with Crippen LogP contribution in [0.4, 0.5) is 5.69 Å². The average Bonchev–Trinajstić information content (AvgIpc) is 3.51. The fourth-order valence-electron chi connectivity index (χ4n) is 6.79. The summed E-state index contributed by atoms with van der Waals surface area (Å²) in [5, 5.41) is 10.8. The molecule has 1 aromatic carbocycles. The molecule has 4 rings (SSSR count). The lowest BCUT2D eigenvalue weighted by atomic mass is 9.70. The van der Waals surface area contributed by atoms with Crippen LogP contribution in [0, 0.1) is 17.8 Å². The van der Waals surface area contributed by atoms with E-state index in [-0.39, 0.29) is 46.9 Å². The van der Waals surface area contributed by atoms with Crippen LogP contribution in [0.1, 0.15) is 33.6 Å². The number of likely N-dealkylation sites (tertiary alicyclic amines) is 1. The van der Waals surface area contributed by atoms with Gasteiger partial charge in [0.2, 0.25) is 11.8 Å². The Kier molecular flexibility index (Phi) is 9.80. The molecule has 1 N–H and O–H groups in total. The predicted octanol–water partition coefficient (Wildman–Crippen LogP) is 4.77. The largest absolute Gasteiger partial charge is 0.394 e. The van der Waals surface area contributed by atoms with E-state index < -0.39 is 28.7 Å². The number of anilines is 1. The van der Waals surface area contributed by atoms with Gasteiger partial charge in [0, 0.05) is 29.7 Å². The van der Waals surface area contributed by atoms with Crippen LogP contribution >= 0.6 is 39.3 Å². The van der Waals surface area contributed by atoms with Crippen LogP contribution in [0.5, 0.6) is 0 Å². The van der Waals surface area contributed by atoms with E-state index in [1.165, 1.54) is 0 Å². The molecule has 3 amide bonds. The molecule has 3 saturated heterocycles. The standard InChI is InChI=1S/C30H39BrClN3O4S/c1-6-13-33(14-7-2)27(37)23-24-28(38)35(22(17-36)18(4)5)26(30(24)16-19(31)25(23)40-30)29(39)34(15-8-3)21-12-10-9-11-20(21)32/h6,8-12,18-19,22-26,36H,1,3,7,13-17H2,2,4-5H3/t19?,22-,23-,24-,25-,26?,30?/m0/s1. The molecule has 1 aromatic rings. The van der Waals surface area contributed by atoms with Crippen LogP contribution in [0.2, 0.25) is 5.02 Å². The highest BCUT2D eigenvalue weighted by Gasteiger charge is 2.76. The summed E-state index contributed by atoms with van der Waals surface area (Å²) >= 11 is 12.0. The number of aliphatic hydroxyl groups excluding tert-OH is 1. The second-order valence-electron chi connectivity index (χ2n) is 11.2. The first-order chi connectivity index (χ1) is 19.1. The first-order valence-electron chi connectivity index (χ1n) is 13.9. The number of carbonyl (C=O) groups is 3. The average molecular weight is 653 g/mol. The number of fused-ring (bicyclic) bond motifs is 1. The second-order valence-corrected chi connectivity index (χ2v) is 14.3. The number of aliphatic hydroxyl groups is 1. The molecule has 0 saturated carbocycles. The summed E-state index contributed by atoms with van der Waals surface area (Å²) in [6, 6.07) is 5.66. The number of carbonyl (C=O) groups excluding carboxylic acids is 3. The number of halogens is 2. The van der Waals surface area contributed by atoms with Crippen molar-refractivity contribution in [2.75, 3.05) is 31.1 Å². The molecule has 3 fully saturated rings. The zero-order valence-electron chi connectivity index (χ0n) is 23.3. The SMILES string of the molecule is C=CCN(CCC)C(=O)[C@H]1[C@H]2C(=O)N([C@@H](CO)C(C)C)C(C(=O)N(CC=C)c3ccccc3Cl)C23CC(Br)[C@@H]1S3. The third-order valence-electron chi connectivity index (χ3n) is 8.44. The van der Waals surface area contributed by atoms with Crippen molar-refractivity contribution >= 4 is 62.7 Å². The van der Waals surface area contributed by atoms with E-state index >= 15 is 0 Å². The van der Waals surface area contributed by atoms with Gasteiger partial charge in [-0.1, -0.05) is 72.6 Å². The number of nitrogens with zero attached hydrogens (tertiary/aromatic N) is 3. The molecule has 7 atom stereocenters. The molecular weight excluding hydrogens is 614 g/mol. The molecule has 218 valence electrons.